The average Bonchev–Trinajstić information content (AvgIpc) is 3.19. The number of hydrogen-bond acceptors (Lipinski definition) is 4. The van der Waals surface area contributed by atoms with Crippen LogP contribution in [-0.4, -0.2) is 25.3 Å². The lowest BCUT2D eigenvalue weighted by Crippen LogP contribution is -2.13. The molecule has 0 aliphatic rings. The van der Waals surface area contributed by atoms with Crippen LogP contribution in [0.15, 0.2) is 60.9 Å². The number of fused-ring (bicyclic) bond motifs is 1. The molecule has 2 aromatic heterocycles. The molecule has 2 aromatic carbocycles. The van der Waals surface area contributed by atoms with E-state index >= 15 is 0 Å². The number of esters is 1. The maximum absolute atomic E-state index is 12.5. The average molecular weight is 332 g/mol. The molecular formula is C19H16N4O2. The Bertz CT molecular complexity index is 1060. The van der Waals surface area contributed by atoms with E-state index in [1.807, 2.05) is 48.0 Å². The lowest BCUT2D eigenvalue weighted by Gasteiger charge is -2.04. The van der Waals surface area contributed by atoms with Gasteiger partial charge in [0, 0.05) is 25.7 Å². The van der Waals surface area contributed by atoms with Crippen LogP contribution in [0, 0.1) is 0 Å². The zero-order valence-corrected chi connectivity index (χ0v) is 13.9. The van der Waals surface area contributed by atoms with Crippen molar-refractivity contribution in [3.63, 3.8) is 0 Å². The Morgan fingerprint density at radius 1 is 1.04 bits per heavy atom. The molecule has 124 valence electrons. The number of nitrogens with zero attached hydrogens (tertiary/aromatic N) is 4. The first-order valence-electron chi connectivity index (χ1n) is 7.84. The standard InChI is InChI=1S/C19H16N4O2/c1-22-12-20-16-10-14(8-9-17(16)22)25-19(24)18-11-15(21-23(18)2)13-6-4-3-5-7-13/h3-12H,1-2H3. The van der Waals surface area contributed by atoms with Crippen molar-refractivity contribution in [2.24, 2.45) is 14.1 Å². The van der Waals surface area contributed by atoms with Gasteiger partial charge in [-0.25, -0.2) is 9.78 Å². The Hall–Kier alpha value is -3.41. The first-order chi connectivity index (χ1) is 12.1. The largest absolute Gasteiger partial charge is 0.422 e. The Kier molecular flexibility index (Phi) is 3.57. The number of aryl methyl sites for hydroxylation is 2. The van der Waals surface area contributed by atoms with Gasteiger partial charge in [0.2, 0.25) is 0 Å². The molecule has 0 bridgehead atoms. The summed E-state index contributed by atoms with van der Waals surface area (Å²) in [6.07, 6.45) is 1.73. The molecule has 0 spiro atoms. The second kappa shape index (κ2) is 5.90. The van der Waals surface area contributed by atoms with E-state index in [9.17, 15) is 4.79 Å². The maximum Gasteiger partial charge on any atom is 0.362 e. The van der Waals surface area contributed by atoms with E-state index in [1.54, 1.807) is 31.6 Å². The van der Waals surface area contributed by atoms with E-state index < -0.39 is 5.97 Å². The van der Waals surface area contributed by atoms with Gasteiger partial charge < -0.3 is 9.30 Å². The molecule has 0 saturated carbocycles. The van der Waals surface area contributed by atoms with Crippen LogP contribution in [0.25, 0.3) is 22.3 Å². The summed E-state index contributed by atoms with van der Waals surface area (Å²) in [6.45, 7) is 0. The molecule has 2 heterocycles. The van der Waals surface area contributed by atoms with Crippen LogP contribution >= 0.6 is 0 Å². The van der Waals surface area contributed by atoms with Gasteiger partial charge >= 0.3 is 5.97 Å². The van der Waals surface area contributed by atoms with Crippen LogP contribution in [0.1, 0.15) is 10.5 Å². The van der Waals surface area contributed by atoms with Crippen LogP contribution in [0.5, 0.6) is 5.75 Å². The van der Waals surface area contributed by atoms with E-state index in [2.05, 4.69) is 10.1 Å². The summed E-state index contributed by atoms with van der Waals surface area (Å²) in [5.41, 5.74) is 3.83. The summed E-state index contributed by atoms with van der Waals surface area (Å²) in [6, 6.07) is 16.8. The van der Waals surface area contributed by atoms with Crippen molar-refractivity contribution in [1.82, 2.24) is 19.3 Å². The molecule has 4 aromatic rings. The van der Waals surface area contributed by atoms with E-state index in [0.717, 1.165) is 22.3 Å². The summed E-state index contributed by atoms with van der Waals surface area (Å²) in [5, 5.41) is 4.40. The molecule has 0 aliphatic carbocycles. The van der Waals surface area contributed by atoms with Gasteiger partial charge in [-0.1, -0.05) is 30.3 Å². The minimum Gasteiger partial charge on any atom is -0.422 e. The van der Waals surface area contributed by atoms with Crippen molar-refractivity contribution in [1.29, 1.82) is 0 Å². The Morgan fingerprint density at radius 2 is 1.84 bits per heavy atom. The number of hydrogen-bond donors (Lipinski definition) is 0. The highest BCUT2D eigenvalue weighted by atomic mass is 16.5. The number of rotatable bonds is 3. The van der Waals surface area contributed by atoms with Crippen molar-refractivity contribution in [3.05, 3.63) is 66.6 Å². The number of ether oxygens (including phenoxy) is 1. The van der Waals surface area contributed by atoms with Gasteiger partial charge in [0.25, 0.3) is 0 Å². The van der Waals surface area contributed by atoms with Crippen molar-refractivity contribution in [3.8, 4) is 17.0 Å². The van der Waals surface area contributed by atoms with Gasteiger partial charge in [-0.05, 0) is 18.2 Å². The first-order valence-corrected chi connectivity index (χ1v) is 7.84. The van der Waals surface area contributed by atoms with Gasteiger partial charge in [0.15, 0.2) is 0 Å². The Balaban J connectivity index is 1.61. The summed E-state index contributed by atoms with van der Waals surface area (Å²) in [4.78, 5) is 16.8. The number of carbonyl (C=O) groups is 1. The molecule has 0 unspecified atom stereocenters. The van der Waals surface area contributed by atoms with Crippen LogP contribution in [0.4, 0.5) is 0 Å². The number of benzene rings is 2. The minimum atomic E-state index is -0.451. The van der Waals surface area contributed by atoms with Crippen LogP contribution < -0.4 is 4.74 Å². The summed E-state index contributed by atoms with van der Waals surface area (Å²) >= 11 is 0. The summed E-state index contributed by atoms with van der Waals surface area (Å²) in [5.74, 6) is 0.00567. The van der Waals surface area contributed by atoms with Gasteiger partial charge in [-0.15, -0.1) is 0 Å². The molecule has 0 aliphatic heterocycles. The lowest BCUT2D eigenvalue weighted by atomic mass is 10.1. The number of carbonyl (C=O) groups excluding carboxylic acids is 1. The molecule has 4 rings (SSSR count). The molecule has 0 fully saturated rings. The van der Waals surface area contributed by atoms with E-state index in [4.69, 9.17) is 4.74 Å². The van der Waals surface area contributed by atoms with Crippen molar-refractivity contribution in [2.45, 2.75) is 0 Å². The van der Waals surface area contributed by atoms with Crippen molar-refractivity contribution >= 4 is 17.0 Å². The minimum absolute atomic E-state index is 0.389. The van der Waals surface area contributed by atoms with Gasteiger partial charge in [0.1, 0.15) is 11.4 Å². The third kappa shape index (κ3) is 2.78. The van der Waals surface area contributed by atoms with E-state index in [-0.39, 0.29) is 0 Å². The highest BCUT2D eigenvalue weighted by Crippen LogP contribution is 2.22. The molecule has 0 N–H and O–H groups in total. The topological polar surface area (TPSA) is 61.9 Å². The zero-order valence-electron chi connectivity index (χ0n) is 13.9. The normalized spacial score (nSPS) is 11.0. The smallest absolute Gasteiger partial charge is 0.362 e. The van der Waals surface area contributed by atoms with Crippen LogP contribution in [-0.2, 0) is 14.1 Å². The van der Waals surface area contributed by atoms with Gasteiger partial charge in [-0.2, -0.15) is 5.10 Å². The van der Waals surface area contributed by atoms with Gasteiger partial charge in [0.05, 0.1) is 23.1 Å². The fraction of sp³-hybridized carbons (Fsp3) is 0.105. The van der Waals surface area contributed by atoms with Crippen LogP contribution in [0.3, 0.4) is 0 Å². The highest BCUT2D eigenvalue weighted by Gasteiger charge is 2.17. The Labute approximate surface area is 144 Å². The molecule has 6 nitrogen and oxygen atoms in total. The summed E-state index contributed by atoms with van der Waals surface area (Å²) in [7, 11) is 3.65. The molecule has 6 heteroatoms. The monoisotopic (exact) mass is 332 g/mol. The molecule has 0 radical (unpaired) electrons. The van der Waals surface area contributed by atoms with E-state index in [1.165, 1.54) is 4.68 Å². The number of imidazole rings is 1. The fourth-order valence-corrected chi connectivity index (χ4v) is 2.75. The quantitative estimate of drug-likeness (QED) is 0.427. The zero-order chi connectivity index (χ0) is 17.4. The first kappa shape index (κ1) is 15.1. The second-order valence-corrected chi connectivity index (χ2v) is 5.80. The molecule has 25 heavy (non-hydrogen) atoms. The lowest BCUT2D eigenvalue weighted by molar-refractivity contribution is 0.0723. The summed E-state index contributed by atoms with van der Waals surface area (Å²) < 4.78 is 8.94. The third-order valence-corrected chi connectivity index (χ3v) is 4.07. The van der Waals surface area contributed by atoms with Crippen molar-refractivity contribution < 1.29 is 9.53 Å². The SMILES string of the molecule is Cn1nc(-c2ccccc2)cc1C(=O)Oc1ccc2c(c1)ncn2C. The fourth-order valence-electron chi connectivity index (χ4n) is 2.75. The van der Waals surface area contributed by atoms with Crippen LogP contribution in [0.2, 0.25) is 0 Å². The highest BCUT2D eigenvalue weighted by molar-refractivity contribution is 5.91. The van der Waals surface area contributed by atoms with E-state index in [0.29, 0.717) is 11.4 Å². The second-order valence-electron chi connectivity index (χ2n) is 5.80. The predicted octanol–water partition coefficient (Wildman–Crippen LogP) is 3.19. The van der Waals surface area contributed by atoms with Gasteiger partial charge in [-0.3, -0.25) is 4.68 Å². The molecule has 0 saturated heterocycles. The van der Waals surface area contributed by atoms with Crippen molar-refractivity contribution in [2.75, 3.05) is 0 Å². The number of aromatic nitrogens is 4. The third-order valence-electron chi connectivity index (χ3n) is 4.07. The molecule has 0 atom stereocenters. The molecule has 0 amide bonds. The predicted molar refractivity (Wildman–Crippen MR) is 94.3 cm³/mol. The molecular weight excluding hydrogens is 316 g/mol. The Morgan fingerprint density at radius 3 is 2.64 bits per heavy atom. The maximum atomic E-state index is 12.5.